The second-order valence-electron chi connectivity index (χ2n) is 13.0. The van der Waals surface area contributed by atoms with Crippen LogP contribution in [0.2, 0.25) is 5.02 Å². The monoisotopic (exact) mass is 674 g/mol. The van der Waals surface area contributed by atoms with Crippen molar-refractivity contribution in [2.45, 2.75) is 78.6 Å². The van der Waals surface area contributed by atoms with Crippen LogP contribution in [0, 0.1) is 25.7 Å². The molecule has 0 bridgehead atoms. The van der Waals surface area contributed by atoms with Gasteiger partial charge in [0.25, 0.3) is 0 Å². The largest absolute Gasteiger partial charge is 0.299 e. The zero-order valence-corrected chi connectivity index (χ0v) is 28.7. The highest BCUT2D eigenvalue weighted by Gasteiger charge is 2.56. The molecule has 0 N–H and O–H groups in total. The van der Waals surface area contributed by atoms with Gasteiger partial charge in [0.2, 0.25) is 0 Å². The molecule has 240 valence electrons. The number of aryl methyl sites for hydroxylation is 3. The maximum atomic E-state index is 14.7. The number of Topliss-reactive ketones (excluding diaryl/α,β-unsaturated/α-hetero) is 1. The lowest BCUT2D eigenvalue weighted by atomic mass is 9.61. The highest BCUT2D eigenvalue weighted by Crippen LogP contribution is 2.54. The number of sulfone groups is 2. The first-order valence-corrected chi connectivity index (χ1v) is 19.4. The Morgan fingerprint density at radius 2 is 1.26 bits per heavy atom. The van der Waals surface area contributed by atoms with Gasteiger partial charge in [-0.15, -0.1) is 0 Å². The Balaban J connectivity index is 1.51. The van der Waals surface area contributed by atoms with Crippen molar-refractivity contribution in [1.82, 2.24) is 0 Å². The van der Waals surface area contributed by atoms with Crippen molar-refractivity contribution < 1.29 is 21.6 Å². The average molecular weight is 675 g/mol. The van der Waals surface area contributed by atoms with E-state index in [-0.39, 0.29) is 34.8 Å². The summed E-state index contributed by atoms with van der Waals surface area (Å²) in [6.07, 6.45) is 1.17. The van der Waals surface area contributed by atoms with E-state index in [0.29, 0.717) is 10.6 Å². The van der Waals surface area contributed by atoms with E-state index in [9.17, 15) is 21.6 Å². The lowest BCUT2D eigenvalue weighted by molar-refractivity contribution is -0.128. The first kappa shape index (κ1) is 32.7. The Morgan fingerprint density at radius 1 is 0.674 bits per heavy atom. The zero-order chi connectivity index (χ0) is 32.8. The van der Waals surface area contributed by atoms with Crippen LogP contribution in [0.1, 0.15) is 65.8 Å². The Morgan fingerprint density at radius 3 is 1.83 bits per heavy atom. The molecular formula is C38H39ClO5S2. The minimum atomic E-state index is -3.95. The molecule has 0 saturated heterocycles. The van der Waals surface area contributed by atoms with Gasteiger partial charge in [0.1, 0.15) is 5.78 Å². The van der Waals surface area contributed by atoms with Crippen LogP contribution in [-0.4, -0.2) is 33.1 Å². The fourth-order valence-corrected chi connectivity index (χ4v) is 12.2. The van der Waals surface area contributed by atoms with E-state index in [1.165, 1.54) is 0 Å². The van der Waals surface area contributed by atoms with Gasteiger partial charge in [0, 0.05) is 29.2 Å². The van der Waals surface area contributed by atoms with Crippen LogP contribution in [-0.2, 0) is 30.9 Å². The molecule has 2 unspecified atom stereocenters. The molecule has 0 aliphatic heterocycles. The van der Waals surface area contributed by atoms with Crippen LogP contribution in [0.3, 0.4) is 0 Å². The molecule has 4 aromatic carbocycles. The highest BCUT2D eigenvalue weighted by molar-refractivity contribution is 7.92. The van der Waals surface area contributed by atoms with Crippen LogP contribution in [0.25, 0.3) is 0 Å². The van der Waals surface area contributed by atoms with Crippen molar-refractivity contribution in [1.29, 1.82) is 0 Å². The topological polar surface area (TPSA) is 85.3 Å². The Hall–Kier alpha value is -3.26. The fourth-order valence-electron chi connectivity index (χ4n) is 7.69. The lowest BCUT2D eigenvalue weighted by Crippen LogP contribution is -2.53. The van der Waals surface area contributed by atoms with Crippen molar-refractivity contribution in [3.8, 4) is 0 Å². The molecule has 2 aliphatic carbocycles. The molecule has 6 rings (SSSR count). The number of fused-ring (bicyclic) bond motifs is 1. The van der Waals surface area contributed by atoms with Crippen molar-refractivity contribution in [2.75, 3.05) is 0 Å². The van der Waals surface area contributed by atoms with Gasteiger partial charge in [-0.2, -0.15) is 0 Å². The minimum Gasteiger partial charge on any atom is -0.299 e. The lowest BCUT2D eigenvalue weighted by Gasteiger charge is -2.48. The highest BCUT2D eigenvalue weighted by atomic mass is 35.5. The summed E-state index contributed by atoms with van der Waals surface area (Å²) in [4.78, 5) is 14.5. The number of benzene rings is 4. The van der Waals surface area contributed by atoms with Crippen LogP contribution in [0.4, 0.5) is 0 Å². The summed E-state index contributed by atoms with van der Waals surface area (Å²) < 4.78 is 58.2. The van der Waals surface area contributed by atoms with Gasteiger partial charge in [0.15, 0.2) is 19.7 Å². The molecule has 5 nitrogen and oxygen atoms in total. The smallest absolute Gasteiger partial charge is 0.182 e. The number of ketones is 1. The maximum Gasteiger partial charge on any atom is 0.182 e. The standard InChI is InChI=1S/C38H39ClO5S2/c1-4-26-12-14-27(15-13-26)32-21-35-34(23-37(32)45(41,42)30-16-8-24(2)9-17-30)36(40)22-33(28-6-5-7-29(39)20-28)38(35)46(43,44)31-18-10-25(3)11-19-31/h5-20,32-35,37-38H,4,21-23H2,1-3H3/t32-,33-,34+,35-,37?,38?/m0/s1. The van der Waals surface area contributed by atoms with E-state index in [4.69, 9.17) is 11.6 Å². The van der Waals surface area contributed by atoms with E-state index in [0.717, 1.165) is 28.7 Å². The molecular weight excluding hydrogens is 636 g/mol. The molecule has 46 heavy (non-hydrogen) atoms. The van der Waals surface area contributed by atoms with Gasteiger partial charge in [-0.1, -0.05) is 90.3 Å². The number of hydrogen-bond donors (Lipinski definition) is 0. The SMILES string of the molecule is CCc1ccc([C@@H]2C[C@@H]3C(S(=O)(=O)c4ccc(C)cc4)[C@H](c4cccc(Cl)c4)CC(=O)[C@@H]3CC2S(=O)(=O)c2ccc(C)cc2)cc1. The van der Waals surface area contributed by atoms with Gasteiger partial charge in [-0.05, 0) is 92.1 Å². The third kappa shape index (κ3) is 6.10. The van der Waals surface area contributed by atoms with E-state index in [1.54, 1.807) is 66.7 Å². The Kier molecular flexibility index (Phi) is 9.05. The normalized spacial score (nSPS) is 25.2. The summed E-state index contributed by atoms with van der Waals surface area (Å²) >= 11 is 6.40. The van der Waals surface area contributed by atoms with Gasteiger partial charge >= 0.3 is 0 Å². The average Bonchev–Trinajstić information content (AvgIpc) is 3.04. The second kappa shape index (κ2) is 12.7. The summed E-state index contributed by atoms with van der Waals surface area (Å²) in [7, 11) is -7.82. The Labute approximate surface area is 277 Å². The number of rotatable bonds is 7. The van der Waals surface area contributed by atoms with Gasteiger partial charge in [0.05, 0.1) is 20.3 Å². The van der Waals surface area contributed by atoms with Crippen LogP contribution in [0.15, 0.2) is 107 Å². The first-order valence-electron chi connectivity index (χ1n) is 15.9. The molecule has 8 heteroatoms. The number of halogens is 1. The third-order valence-corrected chi connectivity index (χ3v) is 15.0. The third-order valence-electron chi connectivity index (χ3n) is 10.2. The van der Waals surface area contributed by atoms with E-state index < -0.39 is 53.8 Å². The quantitative estimate of drug-likeness (QED) is 0.198. The molecule has 4 aromatic rings. The minimum absolute atomic E-state index is 0.00439. The molecule has 0 radical (unpaired) electrons. The van der Waals surface area contributed by atoms with Gasteiger partial charge in [-0.25, -0.2) is 16.8 Å². The number of hydrogen-bond acceptors (Lipinski definition) is 5. The Bertz CT molecular complexity index is 1950. The van der Waals surface area contributed by atoms with Crippen LogP contribution in [0.5, 0.6) is 0 Å². The predicted octanol–water partition coefficient (Wildman–Crippen LogP) is 8.07. The predicted molar refractivity (Wildman–Crippen MR) is 183 cm³/mol. The molecule has 0 aromatic heterocycles. The van der Waals surface area contributed by atoms with Crippen molar-refractivity contribution in [2.24, 2.45) is 11.8 Å². The van der Waals surface area contributed by atoms with E-state index in [1.807, 2.05) is 44.2 Å². The first-order chi connectivity index (χ1) is 21.9. The summed E-state index contributed by atoms with van der Waals surface area (Å²) in [5, 5.41) is -1.34. The number of carbonyl (C=O) groups is 1. The summed E-state index contributed by atoms with van der Waals surface area (Å²) in [6, 6.07) is 28.8. The summed E-state index contributed by atoms with van der Waals surface area (Å²) in [5.41, 5.74) is 4.58. The van der Waals surface area contributed by atoms with Crippen molar-refractivity contribution >= 4 is 37.1 Å². The van der Waals surface area contributed by atoms with Crippen LogP contribution < -0.4 is 0 Å². The zero-order valence-electron chi connectivity index (χ0n) is 26.3. The van der Waals surface area contributed by atoms with Gasteiger partial charge < -0.3 is 0 Å². The fraction of sp³-hybridized carbons (Fsp3) is 0.342. The summed E-state index contributed by atoms with van der Waals surface area (Å²) in [6.45, 7) is 5.88. The molecule has 6 atom stereocenters. The molecule has 2 fully saturated rings. The van der Waals surface area contributed by atoms with Gasteiger partial charge in [-0.3, -0.25) is 4.79 Å². The van der Waals surface area contributed by atoms with E-state index >= 15 is 0 Å². The number of carbonyl (C=O) groups excluding carboxylic acids is 1. The maximum absolute atomic E-state index is 14.7. The molecule has 2 saturated carbocycles. The van der Waals surface area contributed by atoms with Crippen molar-refractivity contribution in [3.63, 3.8) is 0 Å². The molecule has 2 aliphatic rings. The van der Waals surface area contributed by atoms with Crippen molar-refractivity contribution in [3.05, 3.63) is 130 Å². The molecule has 0 heterocycles. The van der Waals surface area contributed by atoms with E-state index in [2.05, 4.69) is 6.92 Å². The summed E-state index contributed by atoms with van der Waals surface area (Å²) in [5.74, 6) is -2.50. The molecule has 0 spiro atoms. The molecule has 0 amide bonds. The second-order valence-corrected chi connectivity index (χ2v) is 17.7. The van der Waals surface area contributed by atoms with Crippen LogP contribution >= 0.6 is 11.6 Å².